The van der Waals surface area contributed by atoms with Crippen LogP contribution >= 0.6 is 23.5 Å². The van der Waals surface area contributed by atoms with Crippen molar-refractivity contribution in [3.8, 4) is 0 Å². The van der Waals surface area contributed by atoms with Gasteiger partial charge in [0.05, 0.1) is 17.2 Å². The molecule has 2 heterocycles. The van der Waals surface area contributed by atoms with Crippen LogP contribution in [0.4, 0.5) is 0 Å². The second-order valence-electron chi connectivity index (χ2n) is 7.04. The van der Waals surface area contributed by atoms with Crippen molar-refractivity contribution < 1.29 is 9.53 Å². The quantitative estimate of drug-likeness (QED) is 0.408. The van der Waals surface area contributed by atoms with E-state index in [4.69, 9.17) is 9.72 Å². The van der Waals surface area contributed by atoms with Crippen LogP contribution in [0.5, 0.6) is 0 Å². The van der Waals surface area contributed by atoms with E-state index in [2.05, 4.69) is 6.92 Å². The molecule has 0 radical (unpaired) electrons. The van der Waals surface area contributed by atoms with Gasteiger partial charge in [0.25, 0.3) is 5.56 Å². The lowest BCUT2D eigenvalue weighted by Gasteiger charge is -2.27. The zero-order valence-corrected chi connectivity index (χ0v) is 17.5. The van der Waals surface area contributed by atoms with Crippen LogP contribution in [0.15, 0.2) is 14.8 Å². The molecule has 1 aromatic rings. The number of ether oxygens (including phenoxy) is 1. The summed E-state index contributed by atoms with van der Waals surface area (Å²) in [4.78, 5) is 31.2. The third-order valence-corrected chi connectivity index (χ3v) is 7.54. The normalized spacial score (nSPS) is 21.4. The fraction of sp³-hybridized carbons (Fsp3) is 0.737. The molecule has 1 aliphatic carbocycles. The summed E-state index contributed by atoms with van der Waals surface area (Å²) in [6, 6.07) is 0.202. The molecular formula is C19H28N2O3S2. The highest BCUT2D eigenvalue weighted by atomic mass is 32.2. The number of thioether (sulfide) groups is 2. The van der Waals surface area contributed by atoms with Crippen LogP contribution in [0.1, 0.15) is 71.0 Å². The summed E-state index contributed by atoms with van der Waals surface area (Å²) in [7, 11) is 0. The molecule has 5 nitrogen and oxygen atoms in total. The molecule has 2 unspecified atom stereocenters. The highest BCUT2D eigenvalue weighted by Crippen LogP contribution is 2.38. The molecular weight excluding hydrogens is 368 g/mol. The van der Waals surface area contributed by atoms with Gasteiger partial charge in [-0.2, -0.15) is 0 Å². The molecule has 2 aliphatic rings. The van der Waals surface area contributed by atoms with Crippen LogP contribution in [0.25, 0.3) is 0 Å². The number of hydrogen-bond donors (Lipinski definition) is 0. The fourth-order valence-corrected chi connectivity index (χ4v) is 5.92. The minimum Gasteiger partial charge on any atom is -0.465 e. The number of carbonyl (C=O) groups is 1. The third kappa shape index (κ3) is 4.14. The van der Waals surface area contributed by atoms with Crippen molar-refractivity contribution in [2.75, 3.05) is 6.61 Å². The monoisotopic (exact) mass is 396 g/mol. The van der Waals surface area contributed by atoms with E-state index in [-0.39, 0.29) is 22.8 Å². The van der Waals surface area contributed by atoms with E-state index in [1.54, 1.807) is 11.8 Å². The van der Waals surface area contributed by atoms with Gasteiger partial charge in [0.1, 0.15) is 5.25 Å². The number of esters is 1. The van der Waals surface area contributed by atoms with Crippen molar-refractivity contribution in [3.05, 3.63) is 16.0 Å². The number of aromatic nitrogens is 2. The van der Waals surface area contributed by atoms with E-state index in [0.717, 1.165) is 42.7 Å². The van der Waals surface area contributed by atoms with Crippen molar-refractivity contribution in [1.29, 1.82) is 0 Å². The van der Waals surface area contributed by atoms with Gasteiger partial charge < -0.3 is 4.74 Å². The zero-order chi connectivity index (χ0) is 18.7. The van der Waals surface area contributed by atoms with Gasteiger partial charge in [-0.1, -0.05) is 44.9 Å². The Kier molecular flexibility index (Phi) is 6.72. The number of rotatable bonds is 6. The number of hydrogen-bond acceptors (Lipinski definition) is 6. The molecule has 1 fully saturated rings. The first kappa shape index (κ1) is 19.8. The molecule has 7 heteroatoms. The van der Waals surface area contributed by atoms with Gasteiger partial charge in [0.15, 0.2) is 5.16 Å². The maximum Gasteiger partial charge on any atom is 0.319 e. The van der Waals surface area contributed by atoms with Crippen molar-refractivity contribution >= 4 is 29.5 Å². The van der Waals surface area contributed by atoms with Crippen molar-refractivity contribution in [2.45, 2.75) is 92.3 Å². The Labute approximate surface area is 163 Å². The number of carbonyl (C=O) groups excluding carboxylic acids is 1. The van der Waals surface area contributed by atoms with Crippen LogP contribution in [-0.2, 0) is 16.0 Å². The van der Waals surface area contributed by atoms with Gasteiger partial charge in [-0.25, -0.2) is 4.98 Å². The molecule has 1 saturated carbocycles. The standard InChI is InChI=1S/C19H28N2O3S2/c1-4-15(18(23)24-5-2)26-19-20-14-11-12(3)25-16(14)17(22)21(19)13-9-7-6-8-10-13/h12-13,15H,4-11H2,1-3H3. The van der Waals surface area contributed by atoms with E-state index < -0.39 is 0 Å². The molecule has 3 rings (SSSR count). The highest BCUT2D eigenvalue weighted by molar-refractivity contribution is 8.00. The summed E-state index contributed by atoms with van der Waals surface area (Å²) in [5, 5.41) is 0.772. The van der Waals surface area contributed by atoms with Crippen molar-refractivity contribution in [1.82, 2.24) is 9.55 Å². The van der Waals surface area contributed by atoms with Crippen LogP contribution in [0.2, 0.25) is 0 Å². The molecule has 0 amide bonds. The highest BCUT2D eigenvalue weighted by Gasteiger charge is 2.31. The first-order valence-corrected chi connectivity index (χ1v) is 11.5. The number of nitrogens with zero attached hydrogens (tertiary/aromatic N) is 2. The maximum absolute atomic E-state index is 13.3. The molecule has 144 valence electrons. The second-order valence-corrected chi connectivity index (χ2v) is 9.66. The van der Waals surface area contributed by atoms with Crippen LogP contribution < -0.4 is 5.56 Å². The minimum absolute atomic E-state index is 0.0949. The molecule has 26 heavy (non-hydrogen) atoms. The van der Waals surface area contributed by atoms with Crippen molar-refractivity contribution in [3.63, 3.8) is 0 Å². The smallest absolute Gasteiger partial charge is 0.319 e. The van der Waals surface area contributed by atoms with Crippen LogP contribution in [0.3, 0.4) is 0 Å². The Morgan fingerprint density at radius 1 is 1.35 bits per heavy atom. The van der Waals surface area contributed by atoms with Gasteiger partial charge in [0.2, 0.25) is 0 Å². The fourth-order valence-electron chi connectivity index (χ4n) is 3.72. The van der Waals surface area contributed by atoms with E-state index in [9.17, 15) is 9.59 Å². The summed E-state index contributed by atoms with van der Waals surface area (Å²) in [5.74, 6) is -0.215. The van der Waals surface area contributed by atoms with Crippen LogP contribution in [0, 0.1) is 0 Å². The van der Waals surface area contributed by atoms with Crippen molar-refractivity contribution in [2.24, 2.45) is 0 Å². The summed E-state index contributed by atoms with van der Waals surface area (Å²) in [6.07, 6.45) is 7.05. The lowest BCUT2D eigenvalue weighted by Crippen LogP contribution is -2.31. The van der Waals surface area contributed by atoms with E-state index >= 15 is 0 Å². The molecule has 2 atom stereocenters. The Bertz CT molecular complexity index is 713. The predicted molar refractivity (Wildman–Crippen MR) is 106 cm³/mol. The average Bonchev–Trinajstić information content (AvgIpc) is 3.01. The van der Waals surface area contributed by atoms with E-state index in [1.165, 1.54) is 18.2 Å². The summed E-state index contributed by atoms with van der Waals surface area (Å²) >= 11 is 3.05. The van der Waals surface area contributed by atoms with Gasteiger partial charge in [-0.15, -0.1) is 11.8 Å². The Hall–Kier alpha value is -0.950. The molecule has 0 bridgehead atoms. The SMILES string of the molecule is CCOC(=O)C(CC)Sc1nc2c(c(=O)n1C1CCCCC1)SC(C)C2. The second kappa shape index (κ2) is 8.83. The molecule has 1 aliphatic heterocycles. The predicted octanol–water partition coefficient (Wildman–Crippen LogP) is 4.22. The molecule has 0 saturated heterocycles. The molecule has 0 aromatic carbocycles. The molecule has 0 spiro atoms. The number of fused-ring (bicyclic) bond motifs is 1. The molecule has 0 N–H and O–H groups in total. The largest absolute Gasteiger partial charge is 0.465 e. The van der Waals surface area contributed by atoms with Gasteiger partial charge in [-0.3, -0.25) is 14.2 Å². The summed E-state index contributed by atoms with van der Waals surface area (Å²) < 4.78 is 7.11. The summed E-state index contributed by atoms with van der Waals surface area (Å²) in [5.41, 5.74) is 0.998. The Balaban J connectivity index is 1.99. The maximum atomic E-state index is 13.3. The first-order chi connectivity index (χ1) is 12.5. The topological polar surface area (TPSA) is 61.2 Å². The van der Waals surface area contributed by atoms with Gasteiger partial charge in [-0.05, 0) is 26.2 Å². The van der Waals surface area contributed by atoms with Gasteiger partial charge >= 0.3 is 5.97 Å². The van der Waals surface area contributed by atoms with Gasteiger partial charge in [0, 0.05) is 17.7 Å². The lowest BCUT2D eigenvalue weighted by atomic mass is 9.95. The Morgan fingerprint density at radius 2 is 2.08 bits per heavy atom. The van der Waals surface area contributed by atoms with E-state index in [1.807, 2.05) is 18.4 Å². The zero-order valence-electron chi connectivity index (χ0n) is 15.8. The third-order valence-electron chi connectivity index (χ3n) is 5.02. The van der Waals surface area contributed by atoms with Crippen LogP contribution in [-0.4, -0.2) is 32.6 Å². The van der Waals surface area contributed by atoms with E-state index in [0.29, 0.717) is 23.4 Å². The first-order valence-electron chi connectivity index (χ1n) is 9.70. The minimum atomic E-state index is -0.318. The Morgan fingerprint density at radius 3 is 2.73 bits per heavy atom. The lowest BCUT2D eigenvalue weighted by molar-refractivity contribution is -0.142. The molecule has 1 aromatic heterocycles. The average molecular weight is 397 g/mol. The summed E-state index contributed by atoms with van der Waals surface area (Å²) in [6.45, 7) is 6.30.